The van der Waals surface area contributed by atoms with E-state index in [1.54, 1.807) is 0 Å². The van der Waals surface area contributed by atoms with Crippen molar-refractivity contribution in [3.63, 3.8) is 0 Å². The predicted octanol–water partition coefficient (Wildman–Crippen LogP) is 0.699. The maximum Gasteiger partial charge on any atom is 0.00909 e. The molecule has 0 aliphatic carbocycles. The molecular weight excluding hydrogens is 647 g/mol. The number of hydrogen-bond acceptors (Lipinski definition) is 3. The predicted molar refractivity (Wildman–Crippen MR) is 53.7 cm³/mol. The molecule has 0 saturated heterocycles. The first-order chi connectivity index (χ1) is 6.76. The molecule has 103 valence electrons. The Morgan fingerprint density at radius 3 is 2.05 bits per heavy atom. The third-order valence-corrected chi connectivity index (χ3v) is 2.29. The van der Waals surface area contributed by atoms with E-state index in [0.29, 0.717) is 12.4 Å². The molecule has 0 amide bonds. The van der Waals surface area contributed by atoms with Gasteiger partial charge in [-0.3, -0.25) is 0 Å². The van der Waals surface area contributed by atoms with Crippen LogP contribution in [0.1, 0.15) is 24.0 Å². The molecule has 0 fully saturated rings. The standard InChI is InChI=1S/C10H12N4.4V.3Y/c1-3-7-6(2)12-5-8-10(7)14-9(4-11)13-8;;;;;;;/h3-4,11H2,1-2H3;;;;;;;/q-2;;;;;;;. The maximum atomic E-state index is 5.48. The second kappa shape index (κ2) is 20.5. The van der Waals surface area contributed by atoms with E-state index in [1.807, 2.05) is 6.92 Å². The molecule has 0 spiro atoms. The van der Waals surface area contributed by atoms with Crippen LogP contribution in [0.4, 0.5) is 0 Å². The molecule has 2 heterocycles. The number of hydrogen-bond donors (Lipinski definition) is 1. The summed E-state index contributed by atoms with van der Waals surface area (Å²) < 4.78 is 0. The van der Waals surface area contributed by atoms with Crippen molar-refractivity contribution < 1.29 is 172 Å². The van der Waals surface area contributed by atoms with Crippen LogP contribution in [0, 0.1) is 13.1 Å². The first-order valence-corrected chi connectivity index (χ1v) is 4.66. The molecule has 0 atom stereocenters. The van der Waals surface area contributed by atoms with Gasteiger partial charge >= 0.3 is 0 Å². The minimum absolute atomic E-state index is 0. The van der Waals surface area contributed by atoms with E-state index < -0.39 is 0 Å². The normalized spacial score (nSPS) is 7.38. The van der Waals surface area contributed by atoms with E-state index in [1.165, 1.54) is 0 Å². The van der Waals surface area contributed by atoms with E-state index in [-0.39, 0.29) is 172 Å². The van der Waals surface area contributed by atoms with Crippen LogP contribution in [-0.2, 0) is 185 Å². The molecular formula is C10H12N4V4Y3-2. The van der Waals surface area contributed by atoms with Crippen molar-refractivity contribution in [1.29, 1.82) is 0 Å². The van der Waals surface area contributed by atoms with Gasteiger partial charge < -0.3 is 20.7 Å². The summed E-state index contributed by atoms with van der Waals surface area (Å²) in [5, 5.41) is 0. The van der Waals surface area contributed by atoms with Gasteiger partial charge in [-0.2, -0.15) is 0 Å². The summed E-state index contributed by atoms with van der Waals surface area (Å²) >= 11 is 0. The van der Waals surface area contributed by atoms with Gasteiger partial charge in [-0.25, -0.2) is 0 Å². The van der Waals surface area contributed by atoms with Crippen LogP contribution in [0.15, 0.2) is 0 Å². The van der Waals surface area contributed by atoms with Gasteiger partial charge in [0.2, 0.25) is 0 Å². The molecule has 0 aromatic carbocycles. The molecule has 2 aromatic heterocycles. The van der Waals surface area contributed by atoms with Crippen LogP contribution < -0.4 is 10.7 Å². The Bertz CT molecular complexity index is 485. The fourth-order valence-electron chi connectivity index (χ4n) is 1.57. The Morgan fingerprint density at radius 1 is 1.10 bits per heavy atom. The minimum atomic E-state index is 0. The van der Waals surface area contributed by atoms with E-state index in [2.05, 4.69) is 28.1 Å². The Kier molecular flexibility index (Phi) is 39.2. The smallest absolute Gasteiger partial charge is 0.00909 e. The number of rotatable bonds is 2. The van der Waals surface area contributed by atoms with Crippen LogP contribution in [0.25, 0.3) is 11.0 Å². The van der Waals surface area contributed by atoms with Gasteiger partial charge in [-0.15, -0.1) is 16.6 Å². The molecule has 0 aliphatic heterocycles. The largest absolute Gasteiger partial charge is 0.501 e. The van der Waals surface area contributed by atoms with E-state index in [0.717, 1.165) is 28.7 Å². The molecule has 0 unspecified atom stereocenters. The molecule has 2 aromatic rings. The number of aromatic nitrogens is 3. The zero-order chi connectivity index (χ0) is 10.1. The quantitative estimate of drug-likeness (QED) is 0.483. The molecule has 2 N–H and O–H groups in total. The van der Waals surface area contributed by atoms with Gasteiger partial charge in [0.25, 0.3) is 0 Å². The second-order valence-corrected chi connectivity index (χ2v) is 3.18. The number of pyridine rings is 1. The maximum absolute atomic E-state index is 5.48. The first kappa shape index (κ1) is 40.1. The van der Waals surface area contributed by atoms with Crippen molar-refractivity contribution in [3.05, 3.63) is 23.3 Å². The van der Waals surface area contributed by atoms with Crippen LogP contribution >= 0.6 is 0 Å². The Balaban J connectivity index is -0.0000000804. The third-order valence-electron chi connectivity index (χ3n) is 2.29. The number of imidazole rings is 1. The van der Waals surface area contributed by atoms with E-state index in [9.17, 15) is 0 Å². The van der Waals surface area contributed by atoms with Crippen molar-refractivity contribution in [2.45, 2.75) is 26.8 Å². The molecule has 4 nitrogen and oxygen atoms in total. The van der Waals surface area contributed by atoms with Gasteiger partial charge in [0.05, 0.1) is 0 Å². The average Bonchev–Trinajstić information content (AvgIpc) is 2.60. The number of fused-ring (bicyclic) bond motifs is 1. The Morgan fingerprint density at radius 2 is 1.62 bits per heavy atom. The number of nitrogens with zero attached hydrogens (tertiary/aromatic N) is 3. The summed E-state index contributed by atoms with van der Waals surface area (Å²) in [6.07, 6.45) is 3.78. The fourth-order valence-corrected chi connectivity index (χ4v) is 1.57. The molecule has 0 aliphatic rings. The van der Waals surface area contributed by atoms with Crippen molar-refractivity contribution in [1.82, 2.24) is 15.0 Å². The third kappa shape index (κ3) is 10.8. The summed E-state index contributed by atoms with van der Waals surface area (Å²) in [4.78, 5) is 12.7. The second-order valence-electron chi connectivity index (χ2n) is 3.18. The number of aryl methyl sites for hydroxylation is 2. The Hall–Kier alpha value is 4.23. The minimum Gasteiger partial charge on any atom is -0.501 e. The summed E-state index contributed by atoms with van der Waals surface area (Å²) in [5.41, 5.74) is 9.24. The summed E-state index contributed by atoms with van der Waals surface area (Å²) in [6.45, 7) is 4.41. The summed E-state index contributed by atoms with van der Waals surface area (Å²) in [7, 11) is 0. The summed E-state index contributed by atoms with van der Waals surface area (Å²) in [6, 6.07) is 0. The van der Waals surface area contributed by atoms with Crippen molar-refractivity contribution in [2.24, 2.45) is 5.73 Å². The molecule has 0 bridgehead atoms. The van der Waals surface area contributed by atoms with Gasteiger partial charge in [0, 0.05) is 179 Å². The van der Waals surface area contributed by atoms with Crippen LogP contribution in [0.5, 0.6) is 0 Å². The fraction of sp³-hybridized carbons (Fsp3) is 0.400. The van der Waals surface area contributed by atoms with E-state index >= 15 is 0 Å². The topological polar surface area (TPSA) is 65.9 Å². The SMILES string of the molecule is CCc1c(C)n[c-]c2nc(CN)[n-]c12.[V].[V].[V].[V].[Y].[Y].[Y]. The summed E-state index contributed by atoms with van der Waals surface area (Å²) in [5.74, 6) is 0.665. The molecule has 11 heteroatoms. The average molecular weight is 659 g/mol. The zero-order valence-electron chi connectivity index (χ0n) is 11.9. The molecule has 2 rings (SSSR count). The molecule has 0 saturated carbocycles. The van der Waals surface area contributed by atoms with Gasteiger partial charge in [0.1, 0.15) is 0 Å². The van der Waals surface area contributed by atoms with Gasteiger partial charge in [-0.05, 0) is 0 Å². The first-order valence-electron chi connectivity index (χ1n) is 4.66. The van der Waals surface area contributed by atoms with Crippen molar-refractivity contribution in [3.8, 4) is 0 Å². The van der Waals surface area contributed by atoms with Crippen molar-refractivity contribution in [2.75, 3.05) is 0 Å². The Labute approximate surface area is 249 Å². The number of nitrogens with two attached hydrogens (primary N) is 1. The zero-order valence-corrected chi connectivity index (χ0v) is 26.0. The van der Waals surface area contributed by atoms with Crippen LogP contribution in [0.2, 0.25) is 0 Å². The van der Waals surface area contributed by atoms with Gasteiger partial charge in [-0.1, -0.05) is 38.0 Å². The molecule has 21 heavy (non-hydrogen) atoms. The van der Waals surface area contributed by atoms with Crippen molar-refractivity contribution >= 4 is 11.0 Å². The molecule has 7 radical (unpaired) electrons. The van der Waals surface area contributed by atoms with E-state index in [4.69, 9.17) is 5.73 Å². The monoisotopic (exact) mass is 659 g/mol. The van der Waals surface area contributed by atoms with Crippen LogP contribution in [-0.4, -0.2) is 9.97 Å². The van der Waals surface area contributed by atoms with Crippen LogP contribution in [0.3, 0.4) is 0 Å². The van der Waals surface area contributed by atoms with Gasteiger partial charge in [0.15, 0.2) is 0 Å².